The average Bonchev–Trinajstić information content (AvgIpc) is 2.47. The van der Waals surface area contributed by atoms with Crippen molar-refractivity contribution in [2.45, 2.75) is 18.9 Å². The van der Waals surface area contributed by atoms with E-state index in [1.807, 2.05) is 42.2 Å². The number of rotatable bonds is 3. The van der Waals surface area contributed by atoms with Gasteiger partial charge >= 0.3 is 0 Å². The van der Waals surface area contributed by atoms with Gasteiger partial charge in [0.2, 0.25) is 5.91 Å². The van der Waals surface area contributed by atoms with Gasteiger partial charge in [-0.3, -0.25) is 4.79 Å². The van der Waals surface area contributed by atoms with Crippen LogP contribution in [0.2, 0.25) is 0 Å². The molecule has 4 heteroatoms. The molecule has 1 aliphatic heterocycles. The fraction of sp³-hybridized carbons (Fsp3) is 0.533. The molecule has 2 rings (SSSR count). The molecule has 1 amide bonds. The Bertz CT molecular complexity index is 426. The van der Waals surface area contributed by atoms with Crippen LogP contribution in [-0.2, 0) is 10.3 Å². The predicted molar refractivity (Wildman–Crippen MR) is 76.7 cm³/mol. The van der Waals surface area contributed by atoms with Gasteiger partial charge in [0, 0.05) is 26.2 Å². The van der Waals surface area contributed by atoms with Crippen LogP contribution in [0.15, 0.2) is 30.3 Å². The van der Waals surface area contributed by atoms with Crippen LogP contribution in [0, 0.1) is 0 Å². The minimum Gasteiger partial charge on any atom is -0.338 e. The fourth-order valence-electron chi connectivity index (χ4n) is 2.51. The van der Waals surface area contributed by atoms with Crippen molar-refractivity contribution in [1.29, 1.82) is 0 Å². The van der Waals surface area contributed by atoms with Crippen LogP contribution in [0.1, 0.15) is 18.9 Å². The van der Waals surface area contributed by atoms with Gasteiger partial charge in [-0.2, -0.15) is 0 Å². The molecule has 0 bridgehead atoms. The number of likely N-dealkylation sites (N-methyl/N-ethyl adjacent to an activating group) is 1. The van der Waals surface area contributed by atoms with Gasteiger partial charge in [-0.1, -0.05) is 37.3 Å². The number of nitrogens with two attached hydrogens (primary N) is 1. The lowest BCUT2D eigenvalue weighted by Crippen LogP contribution is -2.57. The first-order chi connectivity index (χ1) is 9.08. The van der Waals surface area contributed by atoms with Crippen LogP contribution in [0.5, 0.6) is 0 Å². The average molecular weight is 261 g/mol. The van der Waals surface area contributed by atoms with E-state index in [2.05, 4.69) is 11.9 Å². The fourth-order valence-corrected chi connectivity index (χ4v) is 2.51. The van der Waals surface area contributed by atoms with E-state index in [1.165, 1.54) is 0 Å². The number of carbonyl (C=O) groups is 1. The molecular weight excluding hydrogens is 238 g/mol. The van der Waals surface area contributed by atoms with Crippen LogP contribution in [0.25, 0.3) is 0 Å². The Hall–Kier alpha value is -1.39. The predicted octanol–water partition coefficient (Wildman–Crippen LogP) is 1.02. The van der Waals surface area contributed by atoms with E-state index in [-0.39, 0.29) is 5.91 Å². The number of amides is 1. The van der Waals surface area contributed by atoms with Crippen LogP contribution in [0.3, 0.4) is 0 Å². The van der Waals surface area contributed by atoms with Crippen LogP contribution in [0.4, 0.5) is 0 Å². The molecule has 1 atom stereocenters. The third-order valence-electron chi connectivity index (χ3n) is 4.02. The molecule has 1 fully saturated rings. The van der Waals surface area contributed by atoms with E-state index >= 15 is 0 Å². The molecular formula is C15H23N3O. The van der Waals surface area contributed by atoms with Gasteiger partial charge in [0.05, 0.1) is 0 Å². The topological polar surface area (TPSA) is 49.6 Å². The van der Waals surface area contributed by atoms with E-state index in [0.29, 0.717) is 6.42 Å². The molecule has 1 aromatic carbocycles. The summed E-state index contributed by atoms with van der Waals surface area (Å²) in [6, 6.07) is 9.70. The van der Waals surface area contributed by atoms with Gasteiger partial charge in [-0.25, -0.2) is 0 Å². The van der Waals surface area contributed by atoms with Crippen LogP contribution in [-0.4, -0.2) is 48.9 Å². The summed E-state index contributed by atoms with van der Waals surface area (Å²) in [5, 5.41) is 0. The minimum atomic E-state index is -0.892. The Morgan fingerprint density at radius 1 is 1.21 bits per heavy atom. The van der Waals surface area contributed by atoms with Gasteiger partial charge in [0.25, 0.3) is 0 Å². The number of nitrogens with zero attached hydrogens (tertiary/aromatic N) is 2. The van der Waals surface area contributed by atoms with Crippen LogP contribution < -0.4 is 5.73 Å². The van der Waals surface area contributed by atoms with Crippen molar-refractivity contribution in [1.82, 2.24) is 9.80 Å². The van der Waals surface area contributed by atoms with Gasteiger partial charge in [-0.15, -0.1) is 0 Å². The summed E-state index contributed by atoms with van der Waals surface area (Å²) in [5.74, 6) is 0.0503. The normalized spacial score (nSPS) is 20.1. The second-order valence-corrected chi connectivity index (χ2v) is 5.29. The molecule has 0 saturated carbocycles. The highest BCUT2D eigenvalue weighted by molar-refractivity contribution is 5.87. The van der Waals surface area contributed by atoms with Crippen molar-refractivity contribution in [2.75, 3.05) is 33.2 Å². The molecule has 0 aliphatic carbocycles. The Morgan fingerprint density at radius 2 is 1.79 bits per heavy atom. The molecule has 4 nitrogen and oxygen atoms in total. The smallest absolute Gasteiger partial charge is 0.247 e. The molecule has 1 saturated heterocycles. The van der Waals surface area contributed by atoms with E-state index in [0.717, 1.165) is 31.7 Å². The summed E-state index contributed by atoms with van der Waals surface area (Å²) in [7, 11) is 2.08. The molecule has 1 unspecified atom stereocenters. The lowest BCUT2D eigenvalue weighted by molar-refractivity contribution is -0.139. The maximum absolute atomic E-state index is 12.7. The van der Waals surface area contributed by atoms with Crippen molar-refractivity contribution in [2.24, 2.45) is 5.73 Å². The quantitative estimate of drug-likeness (QED) is 0.884. The Kier molecular flexibility index (Phi) is 4.22. The van der Waals surface area contributed by atoms with E-state index in [1.54, 1.807) is 0 Å². The first kappa shape index (κ1) is 14.0. The summed E-state index contributed by atoms with van der Waals surface area (Å²) in [4.78, 5) is 16.9. The summed E-state index contributed by atoms with van der Waals surface area (Å²) in [5.41, 5.74) is 6.44. The van der Waals surface area contributed by atoms with Crippen LogP contribution >= 0.6 is 0 Å². The Morgan fingerprint density at radius 3 is 2.32 bits per heavy atom. The third kappa shape index (κ3) is 2.80. The third-order valence-corrected chi connectivity index (χ3v) is 4.02. The zero-order valence-corrected chi connectivity index (χ0v) is 11.8. The van der Waals surface area contributed by atoms with E-state index < -0.39 is 5.54 Å². The molecule has 0 aromatic heterocycles. The minimum absolute atomic E-state index is 0.0503. The Balaban J connectivity index is 2.19. The number of hydrogen-bond acceptors (Lipinski definition) is 3. The molecule has 1 heterocycles. The van der Waals surface area contributed by atoms with Crippen molar-refractivity contribution in [3.8, 4) is 0 Å². The monoisotopic (exact) mass is 261 g/mol. The molecule has 19 heavy (non-hydrogen) atoms. The zero-order valence-electron chi connectivity index (χ0n) is 11.8. The molecule has 2 N–H and O–H groups in total. The SMILES string of the molecule is CCC(N)(C(=O)N1CCN(C)CC1)c1ccccc1. The first-order valence-electron chi connectivity index (χ1n) is 6.90. The largest absolute Gasteiger partial charge is 0.338 e. The highest BCUT2D eigenvalue weighted by Crippen LogP contribution is 2.25. The molecule has 1 aromatic rings. The number of piperazine rings is 1. The lowest BCUT2D eigenvalue weighted by atomic mass is 9.86. The highest BCUT2D eigenvalue weighted by atomic mass is 16.2. The van der Waals surface area contributed by atoms with Gasteiger partial charge in [-0.05, 0) is 19.0 Å². The van der Waals surface area contributed by atoms with E-state index in [4.69, 9.17) is 5.73 Å². The summed E-state index contributed by atoms with van der Waals surface area (Å²) >= 11 is 0. The zero-order chi connectivity index (χ0) is 13.9. The van der Waals surface area contributed by atoms with Gasteiger partial charge in [0.1, 0.15) is 5.54 Å². The molecule has 0 radical (unpaired) electrons. The second-order valence-electron chi connectivity index (χ2n) is 5.29. The van der Waals surface area contributed by atoms with Gasteiger partial charge < -0.3 is 15.5 Å². The standard InChI is InChI=1S/C15H23N3O/c1-3-15(16,13-7-5-4-6-8-13)14(19)18-11-9-17(2)10-12-18/h4-8H,3,9-12,16H2,1-2H3. The van der Waals surface area contributed by atoms with Crippen molar-refractivity contribution >= 4 is 5.91 Å². The second kappa shape index (κ2) is 5.72. The number of benzene rings is 1. The lowest BCUT2D eigenvalue weighted by Gasteiger charge is -2.38. The summed E-state index contributed by atoms with van der Waals surface area (Å²) in [6.45, 7) is 5.34. The summed E-state index contributed by atoms with van der Waals surface area (Å²) in [6.07, 6.45) is 0.613. The molecule has 104 valence electrons. The highest BCUT2D eigenvalue weighted by Gasteiger charge is 2.38. The molecule has 1 aliphatic rings. The van der Waals surface area contributed by atoms with Gasteiger partial charge in [0.15, 0.2) is 0 Å². The number of hydrogen-bond donors (Lipinski definition) is 1. The summed E-state index contributed by atoms with van der Waals surface area (Å²) < 4.78 is 0. The first-order valence-corrected chi connectivity index (χ1v) is 6.90. The van der Waals surface area contributed by atoms with Crippen molar-refractivity contribution in [3.05, 3.63) is 35.9 Å². The van der Waals surface area contributed by atoms with Crippen molar-refractivity contribution < 1.29 is 4.79 Å². The molecule has 0 spiro atoms. The number of carbonyl (C=O) groups excluding carboxylic acids is 1. The Labute approximate surface area is 115 Å². The van der Waals surface area contributed by atoms with E-state index in [9.17, 15) is 4.79 Å². The van der Waals surface area contributed by atoms with Crippen molar-refractivity contribution in [3.63, 3.8) is 0 Å². The maximum atomic E-state index is 12.7. The maximum Gasteiger partial charge on any atom is 0.247 e.